The first-order chi connectivity index (χ1) is 7.31. The second kappa shape index (κ2) is 6.62. The third-order valence-corrected chi connectivity index (χ3v) is 2.20. The summed E-state index contributed by atoms with van der Waals surface area (Å²) in [6.45, 7) is 5.17. The summed E-state index contributed by atoms with van der Waals surface area (Å²) in [7, 11) is -2.17. The molecule has 7 heteroatoms. The van der Waals surface area contributed by atoms with E-state index in [1.807, 2.05) is 0 Å². The predicted molar refractivity (Wildman–Crippen MR) is 60.6 cm³/mol. The average molecular weight is 251 g/mol. The van der Waals surface area contributed by atoms with E-state index in [2.05, 4.69) is 16.0 Å². The highest BCUT2D eigenvalue weighted by Gasteiger charge is 2.20. The summed E-state index contributed by atoms with van der Waals surface area (Å²) < 4.78 is 30.6. The van der Waals surface area contributed by atoms with Crippen molar-refractivity contribution in [3.63, 3.8) is 0 Å². The van der Waals surface area contributed by atoms with Gasteiger partial charge in [-0.15, -0.1) is 6.58 Å². The van der Waals surface area contributed by atoms with Crippen LogP contribution in [0.2, 0.25) is 0 Å². The number of aliphatic hydroxyl groups is 1. The molecule has 0 heterocycles. The van der Waals surface area contributed by atoms with Gasteiger partial charge in [0, 0.05) is 7.11 Å². The standard InChI is InChI=1S/C9H17NO5S/c1-5-9(11)8(6-14-3)7(2)10-15-16(4,12)13/h5,8-9,11H,1,6H2,2-4H3. The molecule has 0 bridgehead atoms. The van der Waals surface area contributed by atoms with Crippen molar-refractivity contribution < 1.29 is 22.5 Å². The maximum Gasteiger partial charge on any atom is 0.325 e. The lowest BCUT2D eigenvalue weighted by atomic mass is 9.99. The van der Waals surface area contributed by atoms with Gasteiger partial charge in [-0.05, 0) is 6.92 Å². The summed E-state index contributed by atoms with van der Waals surface area (Å²) in [5.74, 6) is -0.482. The number of ether oxygens (including phenoxy) is 1. The second-order valence-electron chi connectivity index (χ2n) is 3.30. The highest BCUT2D eigenvalue weighted by atomic mass is 32.2. The molecule has 0 aromatic rings. The molecule has 0 saturated carbocycles. The van der Waals surface area contributed by atoms with Crippen molar-refractivity contribution in [2.45, 2.75) is 13.0 Å². The number of nitrogens with zero attached hydrogens (tertiary/aromatic N) is 1. The van der Waals surface area contributed by atoms with Gasteiger partial charge in [-0.3, -0.25) is 4.28 Å². The van der Waals surface area contributed by atoms with Crippen LogP contribution in [0.1, 0.15) is 6.92 Å². The Kier molecular flexibility index (Phi) is 6.24. The lowest BCUT2D eigenvalue weighted by Crippen LogP contribution is -2.29. The van der Waals surface area contributed by atoms with Crippen LogP contribution in [0.25, 0.3) is 0 Å². The minimum Gasteiger partial charge on any atom is -0.388 e. The van der Waals surface area contributed by atoms with Gasteiger partial charge in [0.2, 0.25) is 0 Å². The molecule has 0 saturated heterocycles. The molecule has 2 unspecified atom stereocenters. The number of oxime groups is 1. The van der Waals surface area contributed by atoms with Crippen LogP contribution < -0.4 is 0 Å². The van der Waals surface area contributed by atoms with Gasteiger partial charge in [0.25, 0.3) is 0 Å². The molecule has 16 heavy (non-hydrogen) atoms. The molecule has 0 aliphatic carbocycles. The van der Waals surface area contributed by atoms with Crippen LogP contribution in [-0.4, -0.2) is 45.3 Å². The van der Waals surface area contributed by atoms with Crippen LogP contribution in [0.5, 0.6) is 0 Å². The van der Waals surface area contributed by atoms with Crippen LogP contribution >= 0.6 is 0 Å². The maximum atomic E-state index is 10.7. The number of hydrogen-bond donors (Lipinski definition) is 1. The Morgan fingerprint density at radius 1 is 1.62 bits per heavy atom. The molecular weight excluding hydrogens is 234 g/mol. The van der Waals surface area contributed by atoms with Crippen LogP contribution in [0.4, 0.5) is 0 Å². The molecule has 0 aliphatic heterocycles. The van der Waals surface area contributed by atoms with Crippen molar-refractivity contribution in [3.8, 4) is 0 Å². The first kappa shape index (κ1) is 15.1. The smallest absolute Gasteiger partial charge is 0.325 e. The van der Waals surface area contributed by atoms with E-state index in [1.54, 1.807) is 6.92 Å². The van der Waals surface area contributed by atoms with Gasteiger partial charge in [0.15, 0.2) is 0 Å². The molecule has 0 amide bonds. The Bertz CT molecular complexity index is 349. The van der Waals surface area contributed by atoms with Crippen molar-refractivity contribution in [2.24, 2.45) is 11.1 Å². The summed E-state index contributed by atoms with van der Waals surface area (Å²) in [6.07, 6.45) is 1.34. The molecule has 0 radical (unpaired) electrons. The zero-order valence-corrected chi connectivity index (χ0v) is 10.4. The highest BCUT2D eigenvalue weighted by molar-refractivity contribution is 7.85. The Balaban J connectivity index is 4.72. The largest absolute Gasteiger partial charge is 0.388 e. The molecule has 2 atom stereocenters. The summed E-state index contributed by atoms with van der Waals surface area (Å²) in [5.41, 5.74) is 0.319. The van der Waals surface area contributed by atoms with Gasteiger partial charge in [-0.2, -0.15) is 8.42 Å². The van der Waals surface area contributed by atoms with E-state index >= 15 is 0 Å². The van der Waals surface area contributed by atoms with E-state index < -0.39 is 22.1 Å². The third-order valence-electron chi connectivity index (χ3n) is 1.85. The van der Waals surface area contributed by atoms with Crippen LogP contribution in [0.15, 0.2) is 17.8 Å². The molecule has 0 aliphatic rings. The summed E-state index contributed by atoms with van der Waals surface area (Å²) in [4.78, 5) is 0. The predicted octanol–water partition coefficient (Wildman–Crippen LogP) is 0.148. The van der Waals surface area contributed by atoms with Crippen molar-refractivity contribution >= 4 is 15.8 Å². The Labute approximate surface area is 95.7 Å². The van der Waals surface area contributed by atoms with Crippen LogP contribution in [-0.2, 0) is 19.1 Å². The van der Waals surface area contributed by atoms with E-state index in [0.29, 0.717) is 5.71 Å². The molecule has 0 rings (SSSR count). The van der Waals surface area contributed by atoms with Crippen LogP contribution in [0.3, 0.4) is 0 Å². The quantitative estimate of drug-likeness (QED) is 0.395. The van der Waals surface area contributed by atoms with Gasteiger partial charge in [0.1, 0.15) is 0 Å². The fourth-order valence-corrected chi connectivity index (χ4v) is 1.26. The monoisotopic (exact) mass is 251 g/mol. The van der Waals surface area contributed by atoms with Gasteiger partial charge < -0.3 is 9.84 Å². The Morgan fingerprint density at radius 2 is 2.19 bits per heavy atom. The SMILES string of the molecule is C=CC(O)C(COC)C(C)=NOS(C)(=O)=O. The lowest BCUT2D eigenvalue weighted by Gasteiger charge is -2.18. The zero-order chi connectivity index (χ0) is 12.8. The third kappa shape index (κ3) is 5.84. The maximum absolute atomic E-state index is 10.7. The Hall–Kier alpha value is -0.920. The van der Waals surface area contributed by atoms with E-state index in [1.165, 1.54) is 13.2 Å². The van der Waals surface area contributed by atoms with E-state index in [9.17, 15) is 13.5 Å². The Morgan fingerprint density at radius 3 is 2.56 bits per heavy atom. The highest BCUT2D eigenvalue weighted by Crippen LogP contribution is 2.09. The normalized spacial score (nSPS) is 16.6. The second-order valence-corrected chi connectivity index (χ2v) is 4.86. The number of rotatable bonds is 7. The van der Waals surface area contributed by atoms with Gasteiger partial charge in [-0.1, -0.05) is 11.2 Å². The van der Waals surface area contributed by atoms with Crippen molar-refractivity contribution in [1.29, 1.82) is 0 Å². The summed E-state index contributed by atoms with van der Waals surface area (Å²) in [5, 5.41) is 13.0. The summed E-state index contributed by atoms with van der Waals surface area (Å²) in [6, 6.07) is 0. The molecule has 1 N–H and O–H groups in total. The topological polar surface area (TPSA) is 85.2 Å². The fraction of sp³-hybridized carbons (Fsp3) is 0.667. The number of aliphatic hydroxyl groups excluding tert-OH is 1. The molecule has 6 nitrogen and oxygen atoms in total. The molecule has 0 spiro atoms. The van der Waals surface area contributed by atoms with Crippen molar-refractivity contribution in [2.75, 3.05) is 20.0 Å². The van der Waals surface area contributed by atoms with E-state index in [0.717, 1.165) is 6.26 Å². The molecule has 94 valence electrons. The minimum atomic E-state index is -3.64. The zero-order valence-electron chi connectivity index (χ0n) is 9.58. The number of hydrogen-bond acceptors (Lipinski definition) is 6. The van der Waals surface area contributed by atoms with E-state index in [-0.39, 0.29) is 6.61 Å². The minimum absolute atomic E-state index is 0.190. The molecule has 0 aromatic carbocycles. The van der Waals surface area contributed by atoms with Gasteiger partial charge in [-0.25, -0.2) is 0 Å². The van der Waals surface area contributed by atoms with Crippen molar-refractivity contribution in [1.82, 2.24) is 0 Å². The van der Waals surface area contributed by atoms with Gasteiger partial charge in [0.05, 0.1) is 30.6 Å². The first-order valence-corrected chi connectivity index (χ1v) is 6.36. The average Bonchev–Trinajstić information content (AvgIpc) is 2.20. The van der Waals surface area contributed by atoms with E-state index in [4.69, 9.17) is 4.74 Å². The number of methoxy groups -OCH3 is 1. The first-order valence-electron chi connectivity index (χ1n) is 4.54. The van der Waals surface area contributed by atoms with Gasteiger partial charge >= 0.3 is 10.1 Å². The van der Waals surface area contributed by atoms with Crippen LogP contribution in [0, 0.1) is 5.92 Å². The summed E-state index contributed by atoms with van der Waals surface area (Å²) >= 11 is 0. The molecule has 0 fully saturated rings. The molecule has 0 aromatic heterocycles. The lowest BCUT2D eigenvalue weighted by molar-refractivity contribution is 0.105. The molecular formula is C9H17NO5S. The fourth-order valence-electron chi connectivity index (χ4n) is 1.00. The van der Waals surface area contributed by atoms with Crippen molar-refractivity contribution in [3.05, 3.63) is 12.7 Å².